The monoisotopic (exact) mass is 192 g/mol. The lowest BCUT2D eigenvalue weighted by Gasteiger charge is -2.24. The summed E-state index contributed by atoms with van der Waals surface area (Å²) in [4.78, 5) is 2.35. The molecule has 2 heteroatoms. The van der Waals surface area contributed by atoms with E-state index in [1.807, 2.05) is 7.05 Å². The van der Waals surface area contributed by atoms with E-state index >= 15 is 0 Å². The van der Waals surface area contributed by atoms with Crippen LogP contribution in [0.25, 0.3) is 0 Å². The van der Waals surface area contributed by atoms with Crippen LogP contribution in [0.2, 0.25) is 0 Å². The molecule has 0 spiro atoms. The van der Waals surface area contributed by atoms with Crippen molar-refractivity contribution in [1.29, 1.82) is 0 Å². The standard InChI is InChI=1S/C12H20N2/c1-5-14(6-2)12-8-7-10(3)9-11(12)13-4/h7-9,13H,5-6H2,1-4H3. The predicted molar refractivity (Wildman–Crippen MR) is 64.3 cm³/mol. The summed E-state index contributed by atoms with van der Waals surface area (Å²) in [7, 11) is 1.97. The van der Waals surface area contributed by atoms with Gasteiger partial charge in [-0.05, 0) is 38.5 Å². The zero-order valence-corrected chi connectivity index (χ0v) is 9.59. The maximum absolute atomic E-state index is 3.24. The third-order valence-corrected chi connectivity index (χ3v) is 2.53. The first-order valence-corrected chi connectivity index (χ1v) is 5.26. The van der Waals surface area contributed by atoms with Crippen molar-refractivity contribution >= 4 is 11.4 Å². The molecule has 78 valence electrons. The minimum Gasteiger partial charge on any atom is -0.386 e. The molecule has 2 nitrogen and oxygen atoms in total. The molecule has 1 rings (SSSR count). The van der Waals surface area contributed by atoms with Crippen molar-refractivity contribution in [3.63, 3.8) is 0 Å². The number of rotatable bonds is 4. The van der Waals surface area contributed by atoms with Crippen LogP contribution >= 0.6 is 0 Å². The van der Waals surface area contributed by atoms with E-state index in [1.54, 1.807) is 0 Å². The Kier molecular flexibility index (Phi) is 3.81. The Hall–Kier alpha value is -1.18. The van der Waals surface area contributed by atoms with Gasteiger partial charge in [0.15, 0.2) is 0 Å². The highest BCUT2D eigenvalue weighted by atomic mass is 15.1. The minimum absolute atomic E-state index is 1.05. The van der Waals surface area contributed by atoms with Gasteiger partial charge in [0.05, 0.1) is 11.4 Å². The van der Waals surface area contributed by atoms with Gasteiger partial charge in [0, 0.05) is 20.1 Å². The van der Waals surface area contributed by atoms with E-state index < -0.39 is 0 Å². The van der Waals surface area contributed by atoms with Crippen molar-refractivity contribution < 1.29 is 0 Å². The fourth-order valence-corrected chi connectivity index (χ4v) is 1.69. The molecule has 1 aromatic carbocycles. The largest absolute Gasteiger partial charge is 0.386 e. The summed E-state index contributed by atoms with van der Waals surface area (Å²) in [6, 6.07) is 6.54. The third kappa shape index (κ3) is 2.19. The van der Waals surface area contributed by atoms with E-state index in [-0.39, 0.29) is 0 Å². The summed E-state index contributed by atoms with van der Waals surface area (Å²) in [6.45, 7) is 8.58. The Morgan fingerprint density at radius 2 is 1.86 bits per heavy atom. The predicted octanol–water partition coefficient (Wildman–Crippen LogP) is 2.88. The molecule has 0 radical (unpaired) electrons. The summed E-state index contributed by atoms with van der Waals surface area (Å²) in [6.07, 6.45) is 0. The lowest BCUT2D eigenvalue weighted by Crippen LogP contribution is -2.22. The first-order chi connectivity index (χ1) is 6.72. The SMILES string of the molecule is CCN(CC)c1ccc(C)cc1NC. The summed E-state index contributed by atoms with van der Waals surface area (Å²) >= 11 is 0. The van der Waals surface area contributed by atoms with Crippen LogP contribution in [0.5, 0.6) is 0 Å². The number of benzene rings is 1. The Morgan fingerprint density at radius 1 is 1.21 bits per heavy atom. The van der Waals surface area contributed by atoms with E-state index in [4.69, 9.17) is 0 Å². The van der Waals surface area contributed by atoms with Crippen molar-refractivity contribution in [2.24, 2.45) is 0 Å². The Labute approximate surface area is 86.9 Å². The topological polar surface area (TPSA) is 15.3 Å². The summed E-state index contributed by atoms with van der Waals surface area (Å²) in [5, 5.41) is 3.24. The number of hydrogen-bond donors (Lipinski definition) is 1. The highest BCUT2D eigenvalue weighted by Gasteiger charge is 2.06. The van der Waals surface area contributed by atoms with E-state index in [9.17, 15) is 0 Å². The second-order valence-corrected chi connectivity index (χ2v) is 3.44. The van der Waals surface area contributed by atoms with E-state index in [0.717, 1.165) is 13.1 Å². The fourth-order valence-electron chi connectivity index (χ4n) is 1.69. The van der Waals surface area contributed by atoms with Crippen LogP contribution in [0.15, 0.2) is 18.2 Å². The van der Waals surface area contributed by atoms with Crippen molar-refractivity contribution in [1.82, 2.24) is 0 Å². The second-order valence-electron chi connectivity index (χ2n) is 3.44. The molecular formula is C12H20N2. The molecule has 1 aromatic rings. The first-order valence-electron chi connectivity index (χ1n) is 5.26. The van der Waals surface area contributed by atoms with Gasteiger partial charge in [0.2, 0.25) is 0 Å². The lowest BCUT2D eigenvalue weighted by molar-refractivity contribution is 0.867. The van der Waals surface area contributed by atoms with Gasteiger partial charge in [-0.2, -0.15) is 0 Å². The average molecular weight is 192 g/mol. The molecule has 0 bridgehead atoms. The molecule has 0 atom stereocenters. The molecule has 0 unspecified atom stereocenters. The number of hydrogen-bond acceptors (Lipinski definition) is 2. The van der Waals surface area contributed by atoms with Gasteiger partial charge in [-0.1, -0.05) is 6.07 Å². The van der Waals surface area contributed by atoms with Crippen LogP contribution in [-0.2, 0) is 0 Å². The molecule has 0 amide bonds. The highest BCUT2D eigenvalue weighted by molar-refractivity contribution is 5.70. The maximum Gasteiger partial charge on any atom is 0.0601 e. The van der Waals surface area contributed by atoms with Gasteiger partial charge in [-0.3, -0.25) is 0 Å². The molecule has 0 saturated heterocycles. The van der Waals surface area contributed by atoms with Crippen LogP contribution in [0.3, 0.4) is 0 Å². The fraction of sp³-hybridized carbons (Fsp3) is 0.500. The number of aryl methyl sites for hydroxylation is 1. The van der Waals surface area contributed by atoms with Gasteiger partial charge < -0.3 is 10.2 Å². The molecule has 14 heavy (non-hydrogen) atoms. The molecule has 0 heterocycles. The first kappa shape index (κ1) is 10.9. The smallest absolute Gasteiger partial charge is 0.0601 e. The van der Waals surface area contributed by atoms with Crippen molar-refractivity contribution in [3.8, 4) is 0 Å². The van der Waals surface area contributed by atoms with E-state index in [2.05, 4.69) is 49.2 Å². The second kappa shape index (κ2) is 4.89. The molecule has 0 aliphatic carbocycles. The lowest BCUT2D eigenvalue weighted by atomic mass is 10.1. The van der Waals surface area contributed by atoms with Crippen molar-refractivity contribution in [2.45, 2.75) is 20.8 Å². The van der Waals surface area contributed by atoms with Gasteiger partial charge in [-0.25, -0.2) is 0 Å². The van der Waals surface area contributed by atoms with E-state index in [0.29, 0.717) is 0 Å². The molecule has 1 N–H and O–H groups in total. The number of nitrogens with zero attached hydrogens (tertiary/aromatic N) is 1. The van der Waals surface area contributed by atoms with Crippen LogP contribution in [0, 0.1) is 6.92 Å². The molecule has 0 aromatic heterocycles. The van der Waals surface area contributed by atoms with Crippen molar-refractivity contribution in [2.75, 3.05) is 30.4 Å². The Morgan fingerprint density at radius 3 is 2.36 bits per heavy atom. The maximum atomic E-state index is 3.24. The average Bonchev–Trinajstić information content (AvgIpc) is 2.21. The number of nitrogens with one attached hydrogen (secondary N) is 1. The zero-order chi connectivity index (χ0) is 10.6. The van der Waals surface area contributed by atoms with Crippen LogP contribution in [0.4, 0.5) is 11.4 Å². The summed E-state index contributed by atoms with van der Waals surface area (Å²) in [5.41, 5.74) is 3.81. The minimum atomic E-state index is 1.05. The molecule has 0 fully saturated rings. The molecular weight excluding hydrogens is 172 g/mol. The van der Waals surface area contributed by atoms with Crippen LogP contribution < -0.4 is 10.2 Å². The molecule has 0 aliphatic heterocycles. The van der Waals surface area contributed by atoms with Crippen molar-refractivity contribution in [3.05, 3.63) is 23.8 Å². The van der Waals surface area contributed by atoms with Gasteiger partial charge >= 0.3 is 0 Å². The molecule has 0 aliphatic rings. The summed E-state index contributed by atoms with van der Waals surface area (Å²) < 4.78 is 0. The molecule has 0 saturated carbocycles. The van der Waals surface area contributed by atoms with Crippen LogP contribution in [0.1, 0.15) is 19.4 Å². The number of anilines is 2. The zero-order valence-electron chi connectivity index (χ0n) is 9.59. The third-order valence-electron chi connectivity index (χ3n) is 2.53. The highest BCUT2D eigenvalue weighted by Crippen LogP contribution is 2.26. The quantitative estimate of drug-likeness (QED) is 0.789. The Bertz CT molecular complexity index is 290. The summed E-state index contributed by atoms with van der Waals surface area (Å²) in [5.74, 6) is 0. The Balaban J connectivity index is 3.06. The van der Waals surface area contributed by atoms with Gasteiger partial charge in [0.25, 0.3) is 0 Å². The van der Waals surface area contributed by atoms with Crippen LogP contribution in [-0.4, -0.2) is 20.1 Å². The van der Waals surface area contributed by atoms with Gasteiger partial charge in [-0.15, -0.1) is 0 Å². The normalized spacial score (nSPS) is 10.0. The van der Waals surface area contributed by atoms with E-state index in [1.165, 1.54) is 16.9 Å². The van der Waals surface area contributed by atoms with Gasteiger partial charge in [0.1, 0.15) is 0 Å².